The Balaban J connectivity index is 2.06. The number of amides is 1. The molecule has 0 aliphatic carbocycles. The largest absolute Gasteiger partial charge is 0.461 e. The minimum Gasteiger partial charge on any atom is -0.461 e. The molecule has 2 N–H and O–H groups in total. The number of aromatic nitrogens is 1. The van der Waals surface area contributed by atoms with E-state index in [0.717, 1.165) is 11.1 Å². The van der Waals surface area contributed by atoms with Crippen LogP contribution < -0.4 is 10.6 Å². The summed E-state index contributed by atoms with van der Waals surface area (Å²) in [5.41, 5.74) is 1.85. The first-order chi connectivity index (χ1) is 14.2. The van der Waals surface area contributed by atoms with Gasteiger partial charge in [0.15, 0.2) is 5.69 Å². The number of nitrogens with one attached hydrogen (secondary N) is 2. The van der Waals surface area contributed by atoms with Gasteiger partial charge in [0.2, 0.25) is 0 Å². The minimum atomic E-state index is -0.576. The Morgan fingerprint density at radius 1 is 1.10 bits per heavy atom. The number of ether oxygens (including phenoxy) is 2. The summed E-state index contributed by atoms with van der Waals surface area (Å²) in [4.78, 5) is 28.2. The van der Waals surface area contributed by atoms with E-state index in [1.165, 1.54) is 12.1 Å². The van der Waals surface area contributed by atoms with Gasteiger partial charge in [0.25, 0.3) is 0 Å². The zero-order valence-electron chi connectivity index (χ0n) is 17.8. The number of hydrogen-bond acceptors (Lipinski definition) is 6. The van der Waals surface area contributed by atoms with E-state index in [4.69, 9.17) is 9.47 Å². The molecule has 0 bridgehead atoms. The zero-order chi connectivity index (χ0) is 22.1. The first-order valence-corrected chi connectivity index (χ1v) is 9.79. The van der Waals surface area contributed by atoms with Gasteiger partial charge in [-0.2, -0.15) is 0 Å². The van der Waals surface area contributed by atoms with Crippen LogP contribution in [0.5, 0.6) is 0 Å². The van der Waals surface area contributed by atoms with Crippen molar-refractivity contribution in [2.75, 3.05) is 25.0 Å². The number of rotatable bonds is 8. The van der Waals surface area contributed by atoms with E-state index in [0.29, 0.717) is 25.2 Å². The van der Waals surface area contributed by atoms with Crippen molar-refractivity contribution in [1.29, 1.82) is 0 Å². The third-order valence-electron chi connectivity index (χ3n) is 3.84. The predicted octanol–water partition coefficient (Wildman–Crippen LogP) is 3.92. The molecular weight excluding hydrogens is 389 g/mol. The van der Waals surface area contributed by atoms with Crippen LogP contribution in [0.25, 0.3) is 0 Å². The van der Waals surface area contributed by atoms with Crippen molar-refractivity contribution >= 4 is 17.7 Å². The van der Waals surface area contributed by atoms with Crippen molar-refractivity contribution in [3.8, 4) is 0 Å². The van der Waals surface area contributed by atoms with Crippen LogP contribution in [0.15, 0.2) is 36.5 Å². The molecule has 0 unspecified atom stereocenters. The Hall–Kier alpha value is -3.16. The summed E-state index contributed by atoms with van der Waals surface area (Å²) in [6, 6.07) is 8.00. The van der Waals surface area contributed by atoms with E-state index >= 15 is 0 Å². The number of esters is 1. The number of alkyl carbamates (subject to hydrolysis) is 1. The molecule has 0 aliphatic rings. The lowest BCUT2D eigenvalue weighted by Crippen LogP contribution is -2.35. The second-order valence-corrected chi connectivity index (χ2v) is 7.62. The highest BCUT2D eigenvalue weighted by molar-refractivity contribution is 5.93. The molecule has 162 valence electrons. The van der Waals surface area contributed by atoms with Crippen molar-refractivity contribution in [3.63, 3.8) is 0 Å². The molecule has 30 heavy (non-hydrogen) atoms. The highest BCUT2D eigenvalue weighted by Crippen LogP contribution is 2.19. The van der Waals surface area contributed by atoms with Gasteiger partial charge >= 0.3 is 12.1 Å². The Morgan fingerprint density at radius 3 is 2.43 bits per heavy atom. The molecule has 0 aliphatic heterocycles. The van der Waals surface area contributed by atoms with E-state index in [1.54, 1.807) is 52.1 Å². The Bertz CT molecular complexity index is 864. The summed E-state index contributed by atoms with van der Waals surface area (Å²) in [6.07, 6.45) is 1.61. The fraction of sp³-hybridized carbons (Fsp3) is 0.409. The van der Waals surface area contributed by atoms with Gasteiger partial charge in [-0.3, -0.25) is 0 Å². The molecule has 0 spiro atoms. The number of anilines is 1. The van der Waals surface area contributed by atoms with Gasteiger partial charge in [-0.15, -0.1) is 0 Å². The monoisotopic (exact) mass is 417 g/mol. The van der Waals surface area contributed by atoms with E-state index in [1.807, 2.05) is 0 Å². The quantitative estimate of drug-likeness (QED) is 0.500. The zero-order valence-corrected chi connectivity index (χ0v) is 17.8. The smallest absolute Gasteiger partial charge is 0.407 e. The van der Waals surface area contributed by atoms with Crippen molar-refractivity contribution < 1.29 is 23.5 Å². The number of carbonyl (C=O) groups is 2. The average Bonchev–Trinajstić information content (AvgIpc) is 2.66. The molecule has 1 aromatic carbocycles. The normalized spacial score (nSPS) is 11.0. The van der Waals surface area contributed by atoms with Crippen LogP contribution in [0.3, 0.4) is 0 Å². The second-order valence-electron chi connectivity index (χ2n) is 7.62. The fourth-order valence-electron chi connectivity index (χ4n) is 2.62. The molecule has 0 atom stereocenters. The molecule has 7 nitrogen and oxygen atoms in total. The second kappa shape index (κ2) is 10.6. The summed E-state index contributed by atoms with van der Waals surface area (Å²) < 4.78 is 23.4. The topological polar surface area (TPSA) is 89.5 Å². The summed E-state index contributed by atoms with van der Waals surface area (Å²) in [5, 5.41) is 5.76. The summed E-state index contributed by atoms with van der Waals surface area (Å²) in [5.74, 6) is -0.831. The van der Waals surface area contributed by atoms with Crippen LogP contribution in [0.4, 0.5) is 14.9 Å². The summed E-state index contributed by atoms with van der Waals surface area (Å²) in [7, 11) is 0. The van der Waals surface area contributed by atoms with Crippen molar-refractivity contribution in [3.05, 3.63) is 59.2 Å². The molecule has 1 aromatic heterocycles. The average molecular weight is 417 g/mol. The first-order valence-electron chi connectivity index (χ1n) is 9.79. The highest BCUT2D eigenvalue weighted by atomic mass is 19.1. The van der Waals surface area contributed by atoms with Crippen LogP contribution in [0.2, 0.25) is 0 Å². The van der Waals surface area contributed by atoms with Crippen LogP contribution >= 0.6 is 0 Å². The molecule has 1 heterocycles. The molecule has 2 aromatic rings. The molecule has 0 saturated heterocycles. The Kier molecular flexibility index (Phi) is 8.15. The first kappa shape index (κ1) is 23.1. The molecule has 1 amide bonds. The fourth-order valence-corrected chi connectivity index (χ4v) is 2.62. The number of benzene rings is 1. The van der Waals surface area contributed by atoms with Crippen LogP contribution in [-0.2, 0) is 15.9 Å². The standard InChI is InChI=1S/C22H28FN3O4/c1-5-29-20(27)19-18(24-10-11-25-21(28)30-22(2,3)4)13-16(14-26-19)12-15-6-8-17(23)9-7-15/h6-9,13-14,24H,5,10-12H2,1-4H3,(H,25,28). The van der Waals surface area contributed by atoms with Gasteiger partial charge in [-0.05, 0) is 63.4 Å². The lowest BCUT2D eigenvalue weighted by atomic mass is 10.1. The maximum atomic E-state index is 13.1. The van der Waals surface area contributed by atoms with Crippen LogP contribution in [0, 0.1) is 5.82 Å². The Labute approximate surface area is 176 Å². The van der Waals surface area contributed by atoms with Crippen molar-refractivity contribution in [2.24, 2.45) is 0 Å². The van der Waals surface area contributed by atoms with Gasteiger partial charge in [0.1, 0.15) is 11.4 Å². The van der Waals surface area contributed by atoms with Crippen molar-refractivity contribution in [1.82, 2.24) is 10.3 Å². The number of hydrogen-bond donors (Lipinski definition) is 2. The van der Waals surface area contributed by atoms with Gasteiger partial charge < -0.3 is 20.1 Å². The number of carbonyl (C=O) groups excluding carboxylic acids is 2. The molecule has 0 fully saturated rings. The van der Waals surface area contributed by atoms with Gasteiger partial charge in [-0.25, -0.2) is 19.0 Å². The van der Waals surface area contributed by atoms with Crippen LogP contribution in [0.1, 0.15) is 49.3 Å². The minimum absolute atomic E-state index is 0.164. The van der Waals surface area contributed by atoms with Gasteiger partial charge in [-0.1, -0.05) is 12.1 Å². The summed E-state index contributed by atoms with van der Waals surface area (Å²) in [6.45, 7) is 7.96. The number of nitrogens with zero attached hydrogens (tertiary/aromatic N) is 1. The van der Waals surface area contributed by atoms with E-state index < -0.39 is 17.7 Å². The lowest BCUT2D eigenvalue weighted by Gasteiger charge is -2.20. The van der Waals surface area contributed by atoms with E-state index in [9.17, 15) is 14.0 Å². The van der Waals surface area contributed by atoms with E-state index in [2.05, 4.69) is 15.6 Å². The van der Waals surface area contributed by atoms with Crippen molar-refractivity contribution in [2.45, 2.75) is 39.7 Å². The predicted molar refractivity (Wildman–Crippen MR) is 112 cm³/mol. The van der Waals surface area contributed by atoms with Gasteiger partial charge in [0.05, 0.1) is 12.3 Å². The lowest BCUT2D eigenvalue weighted by molar-refractivity contribution is 0.0512. The maximum absolute atomic E-state index is 13.1. The number of halogens is 1. The maximum Gasteiger partial charge on any atom is 0.407 e. The molecule has 8 heteroatoms. The van der Waals surface area contributed by atoms with Gasteiger partial charge in [0, 0.05) is 19.3 Å². The highest BCUT2D eigenvalue weighted by Gasteiger charge is 2.17. The molecule has 0 radical (unpaired) electrons. The Morgan fingerprint density at radius 2 is 1.80 bits per heavy atom. The molecule has 2 rings (SSSR count). The number of pyridine rings is 1. The van der Waals surface area contributed by atoms with Crippen LogP contribution in [-0.4, -0.2) is 42.3 Å². The SMILES string of the molecule is CCOC(=O)c1ncc(Cc2ccc(F)cc2)cc1NCCNC(=O)OC(C)(C)C. The third-order valence-corrected chi connectivity index (χ3v) is 3.84. The third kappa shape index (κ3) is 7.69. The molecular formula is C22H28FN3O4. The molecule has 0 saturated carbocycles. The summed E-state index contributed by atoms with van der Waals surface area (Å²) >= 11 is 0. The van der Waals surface area contributed by atoms with E-state index in [-0.39, 0.29) is 18.1 Å².